The molecule has 0 aromatic heterocycles. The van der Waals surface area contributed by atoms with Gasteiger partial charge in [0, 0.05) is 12.6 Å². The lowest BCUT2D eigenvalue weighted by molar-refractivity contribution is -0.0532. The zero-order valence-electron chi connectivity index (χ0n) is 11.2. The molecule has 0 aromatic rings. The van der Waals surface area contributed by atoms with Gasteiger partial charge in [0.25, 0.3) is 0 Å². The Morgan fingerprint density at radius 1 is 1.18 bits per heavy atom. The molecule has 1 atom stereocenters. The van der Waals surface area contributed by atoms with Gasteiger partial charge in [0.2, 0.25) is 0 Å². The largest absolute Gasteiger partial charge is 0.388 e. The van der Waals surface area contributed by atoms with E-state index < -0.39 is 6.10 Å². The van der Waals surface area contributed by atoms with Gasteiger partial charge in [0.05, 0.1) is 19.3 Å². The van der Waals surface area contributed by atoms with E-state index in [2.05, 4.69) is 12.2 Å². The molecule has 1 aliphatic rings. The van der Waals surface area contributed by atoms with Gasteiger partial charge in [-0.3, -0.25) is 0 Å². The van der Waals surface area contributed by atoms with E-state index >= 15 is 0 Å². The van der Waals surface area contributed by atoms with E-state index in [9.17, 15) is 5.11 Å². The Morgan fingerprint density at radius 3 is 2.47 bits per heavy atom. The van der Waals surface area contributed by atoms with Crippen LogP contribution in [0.2, 0.25) is 0 Å². The maximum Gasteiger partial charge on any atom is 0.101 e. The molecule has 0 bridgehead atoms. The fourth-order valence-corrected chi connectivity index (χ4v) is 2.27. The molecule has 0 aliphatic heterocycles. The molecule has 0 spiro atoms. The Kier molecular flexibility index (Phi) is 7.77. The van der Waals surface area contributed by atoms with Crippen molar-refractivity contribution in [3.8, 4) is 0 Å². The predicted octanol–water partition coefficient (Wildman–Crippen LogP) is 1.32. The van der Waals surface area contributed by atoms with Crippen molar-refractivity contribution in [2.75, 3.05) is 26.4 Å². The Morgan fingerprint density at radius 2 is 1.88 bits per heavy atom. The molecule has 4 nitrogen and oxygen atoms in total. The Bertz CT molecular complexity index is 182. The van der Waals surface area contributed by atoms with Gasteiger partial charge in [0.15, 0.2) is 0 Å². The molecule has 0 radical (unpaired) electrons. The molecule has 0 aromatic carbocycles. The summed E-state index contributed by atoms with van der Waals surface area (Å²) >= 11 is 0. The van der Waals surface area contributed by atoms with Crippen LogP contribution in [0.15, 0.2) is 0 Å². The van der Waals surface area contributed by atoms with Crippen molar-refractivity contribution in [2.24, 2.45) is 0 Å². The summed E-state index contributed by atoms with van der Waals surface area (Å²) in [5.74, 6) is 0. The van der Waals surface area contributed by atoms with Crippen LogP contribution in [0.5, 0.6) is 0 Å². The van der Waals surface area contributed by atoms with Crippen molar-refractivity contribution in [2.45, 2.75) is 57.8 Å². The SMILES string of the molecule is CCNC1CCC(OCC(O)COCC)CC1. The monoisotopic (exact) mass is 245 g/mol. The van der Waals surface area contributed by atoms with Crippen LogP contribution in [0.4, 0.5) is 0 Å². The van der Waals surface area contributed by atoms with Crippen LogP contribution in [0.25, 0.3) is 0 Å². The average molecular weight is 245 g/mol. The van der Waals surface area contributed by atoms with Gasteiger partial charge in [-0.05, 0) is 39.2 Å². The molecule has 0 heterocycles. The van der Waals surface area contributed by atoms with Crippen LogP contribution >= 0.6 is 0 Å². The second-order valence-corrected chi connectivity index (χ2v) is 4.68. The summed E-state index contributed by atoms with van der Waals surface area (Å²) in [7, 11) is 0. The number of aliphatic hydroxyl groups excluding tert-OH is 1. The van der Waals surface area contributed by atoms with E-state index in [0.717, 1.165) is 19.4 Å². The minimum Gasteiger partial charge on any atom is -0.388 e. The number of ether oxygens (including phenoxy) is 2. The maximum atomic E-state index is 9.58. The lowest BCUT2D eigenvalue weighted by atomic mass is 9.93. The molecule has 1 fully saturated rings. The summed E-state index contributed by atoms with van der Waals surface area (Å²) in [5, 5.41) is 13.1. The fourth-order valence-electron chi connectivity index (χ4n) is 2.27. The van der Waals surface area contributed by atoms with Crippen LogP contribution < -0.4 is 5.32 Å². The quantitative estimate of drug-likeness (QED) is 0.677. The van der Waals surface area contributed by atoms with Gasteiger partial charge >= 0.3 is 0 Å². The van der Waals surface area contributed by atoms with Gasteiger partial charge in [-0.25, -0.2) is 0 Å². The highest BCUT2D eigenvalue weighted by molar-refractivity contribution is 4.77. The first kappa shape index (κ1) is 14.9. The Hall–Kier alpha value is -0.160. The predicted molar refractivity (Wildman–Crippen MR) is 68.2 cm³/mol. The van der Waals surface area contributed by atoms with Gasteiger partial charge < -0.3 is 19.9 Å². The third kappa shape index (κ3) is 6.36. The Balaban J connectivity index is 2.05. The van der Waals surface area contributed by atoms with Crippen molar-refractivity contribution in [3.05, 3.63) is 0 Å². The van der Waals surface area contributed by atoms with E-state index in [4.69, 9.17) is 9.47 Å². The third-order valence-corrected chi connectivity index (χ3v) is 3.21. The van der Waals surface area contributed by atoms with Crippen molar-refractivity contribution in [1.82, 2.24) is 5.32 Å². The first-order chi connectivity index (χ1) is 8.26. The van der Waals surface area contributed by atoms with E-state index in [0.29, 0.717) is 32.0 Å². The smallest absolute Gasteiger partial charge is 0.101 e. The standard InChI is InChI=1S/C13H27NO3/c1-3-14-11-5-7-13(8-6-11)17-10-12(15)9-16-4-2/h11-15H,3-10H2,1-2H3. The van der Waals surface area contributed by atoms with Crippen LogP contribution in [-0.4, -0.2) is 49.7 Å². The van der Waals surface area contributed by atoms with Gasteiger partial charge in [-0.1, -0.05) is 6.92 Å². The summed E-state index contributed by atoms with van der Waals surface area (Å²) in [6.07, 6.45) is 4.39. The Labute approximate surface area is 105 Å². The van der Waals surface area contributed by atoms with Crippen LogP contribution in [0.3, 0.4) is 0 Å². The fraction of sp³-hybridized carbons (Fsp3) is 1.00. The molecule has 102 valence electrons. The van der Waals surface area contributed by atoms with Crippen molar-refractivity contribution in [3.63, 3.8) is 0 Å². The molecule has 4 heteroatoms. The summed E-state index contributed by atoms with van der Waals surface area (Å²) in [6.45, 7) is 6.54. The molecular formula is C13H27NO3. The lowest BCUT2D eigenvalue weighted by Crippen LogP contribution is -2.36. The van der Waals surface area contributed by atoms with Crippen molar-refractivity contribution >= 4 is 0 Å². The maximum absolute atomic E-state index is 9.58. The molecule has 1 saturated carbocycles. The number of hydrogen-bond donors (Lipinski definition) is 2. The van der Waals surface area contributed by atoms with E-state index in [1.165, 1.54) is 12.8 Å². The molecule has 0 amide bonds. The zero-order chi connectivity index (χ0) is 12.5. The third-order valence-electron chi connectivity index (χ3n) is 3.21. The van der Waals surface area contributed by atoms with E-state index in [1.807, 2.05) is 6.92 Å². The second-order valence-electron chi connectivity index (χ2n) is 4.68. The highest BCUT2D eigenvalue weighted by Gasteiger charge is 2.21. The zero-order valence-corrected chi connectivity index (χ0v) is 11.2. The van der Waals surface area contributed by atoms with Crippen molar-refractivity contribution in [1.29, 1.82) is 0 Å². The van der Waals surface area contributed by atoms with Gasteiger partial charge in [0.1, 0.15) is 6.10 Å². The second kappa shape index (κ2) is 8.86. The molecule has 17 heavy (non-hydrogen) atoms. The normalized spacial score (nSPS) is 27.0. The number of nitrogens with one attached hydrogen (secondary N) is 1. The molecule has 1 rings (SSSR count). The van der Waals surface area contributed by atoms with Gasteiger partial charge in [-0.2, -0.15) is 0 Å². The van der Waals surface area contributed by atoms with Crippen molar-refractivity contribution < 1.29 is 14.6 Å². The first-order valence-electron chi connectivity index (χ1n) is 6.87. The summed E-state index contributed by atoms with van der Waals surface area (Å²) in [5.41, 5.74) is 0. The number of hydrogen-bond acceptors (Lipinski definition) is 4. The minimum atomic E-state index is -0.485. The number of aliphatic hydroxyl groups is 1. The topological polar surface area (TPSA) is 50.7 Å². The van der Waals surface area contributed by atoms with E-state index in [1.54, 1.807) is 0 Å². The van der Waals surface area contributed by atoms with Crippen LogP contribution in [0, 0.1) is 0 Å². The summed E-state index contributed by atoms with van der Waals surface area (Å²) < 4.78 is 10.9. The summed E-state index contributed by atoms with van der Waals surface area (Å²) in [6, 6.07) is 0.660. The van der Waals surface area contributed by atoms with Crippen LogP contribution in [0.1, 0.15) is 39.5 Å². The van der Waals surface area contributed by atoms with Crippen LogP contribution in [-0.2, 0) is 9.47 Å². The average Bonchev–Trinajstić information content (AvgIpc) is 2.36. The highest BCUT2D eigenvalue weighted by Crippen LogP contribution is 2.21. The number of rotatable bonds is 8. The summed E-state index contributed by atoms with van der Waals surface area (Å²) in [4.78, 5) is 0. The van der Waals surface area contributed by atoms with E-state index in [-0.39, 0.29) is 0 Å². The molecule has 1 unspecified atom stereocenters. The first-order valence-corrected chi connectivity index (χ1v) is 6.87. The lowest BCUT2D eigenvalue weighted by Gasteiger charge is -2.29. The molecule has 2 N–H and O–H groups in total. The molecular weight excluding hydrogens is 218 g/mol. The molecule has 0 saturated heterocycles. The van der Waals surface area contributed by atoms with Gasteiger partial charge in [-0.15, -0.1) is 0 Å². The highest BCUT2D eigenvalue weighted by atomic mass is 16.5. The molecule has 1 aliphatic carbocycles. The minimum absolute atomic E-state index is 0.321.